The number of hydrogen-bond donors (Lipinski definition) is 4. The molecular formula is C27H28N6O4S. The van der Waals surface area contributed by atoms with Gasteiger partial charge in [0.15, 0.2) is 0 Å². The van der Waals surface area contributed by atoms with Crippen LogP contribution in [-0.4, -0.2) is 45.5 Å². The molecule has 0 unspecified atom stereocenters. The zero-order valence-corrected chi connectivity index (χ0v) is 21.6. The maximum Gasteiger partial charge on any atom is 0.243 e. The van der Waals surface area contributed by atoms with Gasteiger partial charge in [-0.1, -0.05) is 6.92 Å². The number of piperidine rings is 1. The van der Waals surface area contributed by atoms with E-state index < -0.39 is 11.9 Å². The van der Waals surface area contributed by atoms with Gasteiger partial charge in [-0.25, -0.2) is 0 Å². The standard InChI is InChI=1S/C27H28N6O4S/c1-27-11-21(26(36)31-14-20-9-16(15-38-20)25(28)29)33(22(27)12-27)24(35)10-23(34)32-17-4-6-18(7-5-17)37-19-3-2-8-30-13-19/h2-9,13,15,21-22H,10-12,14H2,1H3,(H3,28,29)(H,31,36)(H,32,34)/t21-,22-,27+/m0/s1. The summed E-state index contributed by atoms with van der Waals surface area (Å²) in [6, 6.07) is 11.5. The molecule has 3 amide bonds. The van der Waals surface area contributed by atoms with Crippen molar-refractivity contribution in [2.75, 3.05) is 5.32 Å². The van der Waals surface area contributed by atoms with Gasteiger partial charge in [-0.2, -0.15) is 0 Å². The van der Waals surface area contributed by atoms with E-state index in [9.17, 15) is 14.4 Å². The number of benzene rings is 1. The van der Waals surface area contributed by atoms with Crippen molar-refractivity contribution in [1.82, 2.24) is 15.2 Å². The van der Waals surface area contributed by atoms with E-state index >= 15 is 0 Å². The van der Waals surface area contributed by atoms with Gasteiger partial charge in [0.1, 0.15) is 29.8 Å². The Balaban J connectivity index is 1.16. The Hall–Kier alpha value is -4.25. The van der Waals surface area contributed by atoms with E-state index in [0.29, 0.717) is 29.2 Å². The van der Waals surface area contributed by atoms with Crippen molar-refractivity contribution < 1.29 is 19.1 Å². The molecule has 1 aromatic carbocycles. The molecular weight excluding hydrogens is 504 g/mol. The monoisotopic (exact) mass is 532 g/mol. The van der Waals surface area contributed by atoms with Crippen LogP contribution in [0, 0.1) is 10.8 Å². The molecule has 2 fully saturated rings. The molecule has 3 atom stereocenters. The number of hydrogen-bond acceptors (Lipinski definition) is 7. The van der Waals surface area contributed by atoms with Gasteiger partial charge in [-0.15, -0.1) is 11.3 Å². The first-order valence-corrected chi connectivity index (χ1v) is 13.1. The molecule has 196 valence electrons. The molecule has 3 aromatic rings. The highest BCUT2D eigenvalue weighted by Crippen LogP contribution is 2.59. The van der Waals surface area contributed by atoms with Gasteiger partial charge >= 0.3 is 0 Å². The summed E-state index contributed by atoms with van der Waals surface area (Å²) < 4.78 is 5.70. The van der Waals surface area contributed by atoms with Crippen molar-refractivity contribution in [1.29, 1.82) is 5.41 Å². The predicted molar refractivity (Wildman–Crippen MR) is 143 cm³/mol. The smallest absolute Gasteiger partial charge is 0.243 e. The third kappa shape index (κ3) is 5.52. The number of anilines is 1. The Morgan fingerprint density at radius 3 is 2.68 bits per heavy atom. The number of likely N-dealkylation sites (tertiary alicyclic amines) is 1. The fourth-order valence-corrected chi connectivity index (χ4v) is 5.67. The molecule has 0 bridgehead atoms. The lowest BCUT2D eigenvalue weighted by Crippen LogP contribution is -2.48. The van der Waals surface area contributed by atoms with Crippen LogP contribution in [0.15, 0.2) is 60.2 Å². The summed E-state index contributed by atoms with van der Waals surface area (Å²) in [4.78, 5) is 45.4. The van der Waals surface area contributed by atoms with Gasteiger partial charge in [0.05, 0.1) is 12.7 Å². The minimum absolute atomic E-state index is 0.0216. The Labute approximate surface area is 223 Å². The van der Waals surface area contributed by atoms with Gasteiger partial charge in [-0.3, -0.25) is 24.8 Å². The average molecular weight is 533 g/mol. The summed E-state index contributed by atoms with van der Waals surface area (Å²) in [5.74, 6) is 0.120. The summed E-state index contributed by atoms with van der Waals surface area (Å²) >= 11 is 1.41. The molecule has 11 heteroatoms. The highest BCUT2D eigenvalue weighted by molar-refractivity contribution is 7.10. The maximum atomic E-state index is 13.2. The average Bonchev–Trinajstić information content (AvgIpc) is 3.21. The number of amides is 3. The molecule has 3 heterocycles. The van der Waals surface area contributed by atoms with Crippen molar-refractivity contribution in [3.63, 3.8) is 0 Å². The van der Waals surface area contributed by atoms with Crippen LogP contribution in [0.4, 0.5) is 5.69 Å². The largest absolute Gasteiger partial charge is 0.456 e. The van der Waals surface area contributed by atoms with Crippen molar-refractivity contribution in [2.45, 2.75) is 44.8 Å². The number of aromatic nitrogens is 1. The number of pyridine rings is 1. The number of fused-ring (bicyclic) bond motifs is 1. The molecule has 0 radical (unpaired) electrons. The molecule has 1 aliphatic heterocycles. The topological polar surface area (TPSA) is 150 Å². The summed E-state index contributed by atoms with van der Waals surface area (Å²) in [5.41, 5.74) is 6.57. The van der Waals surface area contributed by atoms with Crippen LogP contribution in [-0.2, 0) is 20.9 Å². The van der Waals surface area contributed by atoms with Crippen LogP contribution in [0.25, 0.3) is 0 Å². The summed E-state index contributed by atoms with van der Waals surface area (Å²) in [6.45, 7) is 2.36. The Morgan fingerprint density at radius 1 is 1.21 bits per heavy atom. The number of thiophene rings is 1. The molecule has 1 saturated carbocycles. The molecule has 2 aliphatic rings. The van der Waals surface area contributed by atoms with Crippen molar-refractivity contribution in [3.05, 3.63) is 70.7 Å². The van der Waals surface area contributed by atoms with Crippen molar-refractivity contribution >= 4 is 40.6 Å². The predicted octanol–water partition coefficient (Wildman–Crippen LogP) is 3.24. The second kappa shape index (κ2) is 10.3. The Morgan fingerprint density at radius 2 is 2.00 bits per heavy atom. The van der Waals surface area contributed by atoms with Gasteiger partial charge in [0.2, 0.25) is 17.7 Å². The number of nitrogens with two attached hydrogens (primary N) is 1. The molecule has 10 nitrogen and oxygen atoms in total. The van der Waals surface area contributed by atoms with Crippen LogP contribution < -0.4 is 21.1 Å². The minimum Gasteiger partial charge on any atom is -0.456 e. The molecule has 38 heavy (non-hydrogen) atoms. The van der Waals surface area contributed by atoms with Gasteiger partial charge in [-0.05, 0) is 60.7 Å². The van der Waals surface area contributed by atoms with Crippen molar-refractivity contribution in [2.24, 2.45) is 11.1 Å². The number of amidine groups is 1. The van der Waals surface area contributed by atoms with E-state index in [-0.39, 0.29) is 42.1 Å². The van der Waals surface area contributed by atoms with Gasteiger partial charge < -0.3 is 26.0 Å². The normalized spacial score (nSPS) is 21.3. The summed E-state index contributed by atoms with van der Waals surface area (Å²) in [5, 5.41) is 14.9. The lowest BCUT2D eigenvalue weighted by Gasteiger charge is -2.26. The highest BCUT2D eigenvalue weighted by atomic mass is 32.1. The Bertz CT molecular complexity index is 1380. The first-order chi connectivity index (χ1) is 18.2. The lowest BCUT2D eigenvalue weighted by molar-refractivity contribution is -0.141. The number of ether oxygens (including phenoxy) is 1. The van der Waals surface area contributed by atoms with E-state index in [1.165, 1.54) is 11.3 Å². The van der Waals surface area contributed by atoms with Crippen LogP contribution in [0.1, 0.15) is 36.6 Å². The molecule has 1 aliphatic carbocycles. The number of rotatable bonds is 9. The first-order valence-electron chi connectivity index (χ1n) is 12.2. The molecule has 5 rings (SSSR count). The fraction of sp³-hybridized carbons (Fsp3) is 0.296. The molecule has 2 aromatic heterocycles. The third-order valence-corrected chi connectivity index (χ3v) is 7.88. The Kier molecular flexibility index (Phi) is 6.85. The summed E-state index contributed by atoms with van der Waals surface area (Å²) in [6.07, 6.45) is 4.31. The number of nitrogens with one attached hydrogen (secondary N) is 3. The molecule has 1 saturated heterocycles. The first kappa shape index (κ1) is 25.4. The second-order valence-corrected chi connectivity index (χ2v) is 10.9. The van der Waals surface area contributed by atoms with E-state index in [1.54, 1.807) is 65.1 Å². The van der Waals surface area contributed by atoms with Crippen LogP contribution in [0.5, 0.6) is 11.5 Å². The highest BCUT2D eigenvalue weighted by Gasteiger charge is 2.64. The quantitative estimate of drug-likeness (QED) is 0.189. The maximum absolute atomic E-state index is 13.2. The minimum atomic E-state index is -0.616. The van der Waals surface area contributed by atoms with E-state index in [1.807, 2.05) is 0 Å². The van der Waals surface area contributed by atoms with Crippen molar-refractivity contribution in [3.8, 4) is 11.5 Å². The van der Waals surface area contributed by atoms with Crippen LogP contribution >= 0.6 is 11.3 Å². The van der Waals surface area contributed by atoms with Crippen LogP contribution in [0.2, 0.25) is 0 Å². The zero-order valence-electron chi connectivity index (χ0n) is 20.8. The SMILES string of the molecule is C[C@@]12C[C@@H]1N(C(=O)CC(=O)Nc1ccc(Oc3cccnc3)cc1)[C@H](C(=O)NCc1cc(C(=N)N)cs1)C2. The van der Waals surface area contributed by atoms with E-state index in [0.717, 1.165) is 11.3 Å². The van der Waals surface area contributed by atoms with Gasteiger partial charge in [0, 0.05) is 33.7 Å². The number of nitrogens with zero attached hydrogens (tertiary/aromatic N) is 2. The number of carbonyl (C=O) groups is 3. The zero-order chi connectivity index (χ0) is 26.9. The lowest BCUT2D eigenvalue weighted by atomic mass is 10.0. The second-order valence-electron chi connectivity index (χ2n) is 9.87. The van der Waals surface area contributed by atoms with Gasteiger partial charge in [0.25, 0.3) is 0 Å². The number of carbonyl (C=O) groups excluding carboxylic acids is 3. The van der Waals surface area contributed by atoms with E-state index in [2.05, 4.69) is 22.5 Å². The summed E-state index contributed by atoms with van der Waals surface area (Å²) in [7, 11) is 0. The fourth-order valence-electron chi connectivity index (χ4n) is 4.85. The molecule has 0 spiro atoms. The molecule has 5 N–H and O–H groups in total. The third-order valence-electron chi connectivity index (χ3n) is 6.95. The van der Waals surface area contributed by atoms with E-state index in [4.69, 9.17) is 15.9 Å². The number of nitrogen functional groups attached to an aromatic ring is 1. The van der Waals surface area contributed by atoms with Crippen LogP contribution in [0.3, 0.4) is 0 Å².